The van der Waals surface area contributed by atoms with Gasteiger partial charge in [-0.25, -0.2) is 22.6 Å². The van der Waals surface area contributed by atoms with Gasteiger partial charge in [0.15, 0.2) is 0 Å². The topological polar surface area (TPSA) is 112 Å². The van der Waals surface area contributed by atoms with E-state index in [-0.39, 0.29) is 59.2 Å². The summed E-state index contributed by atoms with van der Waals surface area (Å²) in [5, 5.41) is 10.3. The number of methoxy groups -OCH3 is 1. The summed E-state index contributed by atoms with van der Waals surface area (Å²) in [4.78, 5) is 21.0. The highest BCUT2D eigenvalue weighted by atomic mass is 35.5. The van der Waals surface area contributed by atoms with E-state index in [1.54, 1.807) is 36.4 Å². The number of pyridine rings is 1. The number of aromatic carboxylic acids is 1. The van der Waals surface area contributed by atoms with Crippen molar-refractivity contribution in [3.63, 3.8) is 0 Å². The Hall–Kier alpha value is -3.51. The van der Waals surface area contributed by atoms with Crippen molar-refractivity contribution >= 4 is 81.3 Å². The van der Waals surface area contributed by atoms with E-state index in [4.69, 9.17) is 4.74 Å². The van der Waals surface area contributed by atoms with Gasteiger partial charge < -0.3 is 19.6 Å². The Morgan fingerprint density at radius 2 is 1.51 bits per heavy atom. The van der Waals surface area contributed by atoms with E-state index in [0.717, 1.165) is 5.69 Å². The molecule has 1 aliphatic heterocycles. The summed E-state index contributed by atoms with van der Waals surface area (Å²) in [5.74, 6) is -0.371. The lowest BCUT2D eigenvalue weighted by molar-refractivity contribution is 0.0699. The number of nitrogens with zero attached hydrogens (tertiary/aromatic N) is 3. The van der Waals surface area contributed by atoms with E-state index in [1.807, 2.05) is 4.90 Å². The smallest absolute Gasteiger partial charge is 0.336 e. The van der Waals surface area contributed by atoms with Gasteiger partial charge in [0.1, 0.15) is 17.4 Å². The lowest BCUT2D eigenvalue weighted by Gasteiger charge is -2.37. The number of rotatable bonds is 7. The quantitative estimate of drug-likeness (QED) is 0.272. The number of benzene rings is 3. The van der Waals surface area contributed by atoms with Crippen molar-refractivity contribution in [3.05, 3.63) is 84.2 Å². The zero-order valence-corrected chi connectivity index (χ0v) is 25.0. The van der Waals surface area contributed by atoms with E-state index < -0.39 is 16.0 Å². The molecule has 220 valence electrons. The van der Waals surface area contributed by atoms with Crippen molar-refractivity contribution in [3.8, 4) is 5.75 Å². The number of hydrogen-bond acceptors (Lipinski definition) is 7. The van der Waals surface area contributed by atoms with Gasteiger partial charge in [-0.2, -0.15) is 0 Å². The molecule has 1 aromatic heterocycles. The van der Waals surface area contributed by atoms with Gasteiger partial charge in [-0.3, -0.25) is 4.72 Å². The Morgan fingerprint density at radius 1 is 0.902 bits per heavy atom. The third-order valence-corrected chi connectivity index (χ3v) is 7.84. The number of ether oxygens (including phenoxy) is 1. The van der Waals surface area contributed by atoms with Gasteiger partial charge in [0.05, 0.1) is 23.1 Å². The van der Waals surface area contributed by atoms with Crippen LogP contribution in [0, 0.1) is 5.82 Å². The predicted molar refractivity (Wildman–Crippen MR) is 165 cm³/mol. The van der Waals surface area contributed by atoms with Crippen LogP contribution in [0.2, 0.25) is 0 Å². The molecule has 2 N–H and O–H groups in total. The van der Waals surface area contributed by atoms with E-state index in [2.05, 4.69) is 14.6 Å². The first-order chi connectivity index (χ1) is 18.2. The Morgan fingerprint density at radius 3 is 2.10 bits per heavy atom. The zero-order valence-electron chi connectivity index (χ0n) is 21.7. The van der Waals surface area contributed by atoms with Crippen LogP contribution in [-0.2, 0) is 10.0 Å². The number of fused-ring (bicyclic) bond motifs is 1. The molecule has 0 amide bonds. The van der Waals surface area contributed by atoms with Crippen LogP contribution < -0.4 is 19.3 Å². The van der Waals surface area contributed by atoms with Gasteiger partial charge in [-0.1, -0.05) is 0 Å². The van der Waals surface area contributed by atoms with Gasteiger partial charge in [0.2, 0.25) is 0 Å². The lowest BCUT2D eigenvalue weighted by atomic mass is 10.1. The molecule has 1 aliphatic rings. The molecular weight excluding hydrogens is 618 g/mol. The van der Waals surface area contributed by atoms with E-state index in [0.29, 0.717) is 48.6 Å². The molecule has 1 fully saturated rings. The molecule has 2 heterocycles. The molecule has 41 heavy (non-hydrogen) atoms. The Bertz CT molecular complexity index is 1600. The number of aromatic nitrogens is 1. The third-order valence-electron chi connectivity index (χ3n) is 6.44. The number of hydrogen-bond donors (Lipinski definition) is 2. The summed E-state index contributed by atoms with van der Waals surface area (Å²) in [6.07, 6.45) is 0. The minimum Gasteiger partial charge on any atom is -0.497 e. The van der Waals surface area contributed by atoms with Crippen molar-refractivity contribution in [1.82, 2.24) is 4.98 Å². The summed E-state index contributed by atoms with van der Waals surface area (Å²) >= 11 is 0. The molecular formula is C27H28Cl3FN4O5S. The van der Waals surface area contributed by atoms with Crippen molar-refractivity contribution in [2.24, 2.45) is 0 Å². The van der Waals surface area contributed by atoms with Crippen molar-refractivity contribution in [1.29, 1.82) is 0 Å². The SMILES string of the molecule is COc1ccc(S(=O)(=O)Nc2ccc3nc(N4CCN(c5ccc(F)cc5)CC4)cc(C(=O)O)c3c2)cc1.Cl.Cl.Cl. The summed E-state index contributed by atoms with van der Waals surface area (Å²) in [7, 11) is -2.41. The maximum Gasteiger partial charge on any atom is 0.336 e. The van der Waals surface area contributed by atoms with Crippen LogP contribution in [0.15, 0.2) is 77.7 Å². The minimum atomic E-state index is -3.90. The standard InChI is InChI=1S/C27H25FN4O5S.3ClH/c1-37-21-7-9-22(10-8-21)38(35,36)30-19-4-11-25-23(16-19)24(27(33)34)17-26(29-25)32-14-12-31(13-15-32)20-5-2-18(28)3-6-20;;;/h2-11,16-17,30H,12-15H2,1H3,(H,33,34);3*1H. The number of sulfonamides is 1. The van der Waals surface area contributed by atoms with Crippen molar-refractivity contribution < 1.29 is 27.4 Å². The van der Waals surface area contributed by atoms with Gasteiger partial charge in [-0.05, 0) is 72.8 Å². The van der Waals surface area contributed by atoms with Crippen LogP contribution in [-0.4, -0.2) is 57.8 Å². The zero-order chi connectivity index (χ0) is 26.9. The number of carbonyl (C=O) groups is 1. The third kappa shape index (κ3) is 7.42. The summed E-state index contributed by atoms with van der Waals surface area (Å²) in [6, 6.07) is 18.4. The highest BCUT2D eigenvalue weighted by molar-refractivity contribution is 7.92. The molecule has 9 nitrogen and oxygen atoms in total. The lowest BCUT2D eigenvalue weighted by Crippen LogP contribution is -2.46. The van der Waals surface area contributed by atoms with Crippen molar-refractivity contribution in [2.75, 3.05) is 47.8 Å². The molecule has 5 rings (SSSR count). The highest BCUT2D eigenvalue weighted by Gasteiger charge is 2.22. The van der Waals surface area contributed by atoms with Crippen LogP contribution in [0.1, 0.15) is 10.4 Å². The normalized spacial score (nSPS) is 12.9. The van der Waals surface area contributed by atoms with Gasteiger partial charge in [0.25, 0.3) is 10.0 Å². The van der Waals surface area contributed by atoms with Crippen LogP contribution >= 0.6 is 37.2 Å². The van der Waals surface area contributed by atoms with Crippen LogP contribution in [0.4, 0.5) is 21.6 Å². The molecule has 0 aliphatic carbocycles. The van der Waals surface area contributed by atoms with Crippen LogP contribution in [0.25, 0.3) is 10.9 Å². The Kier molecular flexibility index (Phi) is 11.4. The maximum atomic E-state index is 13.3. The molecule has 0 unspecified atom stereocenters. The second-order valence-corrected chi connectivity index (χ2v) is 10.5. The molecule has 0 bridgehead atoms. The van der Waals surface area contributed by atoms with Gasteiger partial charge in [0, 0.05) is 42.9 Å². The molecule has 14 heteroatoms. The van der Waals surface area contributed by atoms with E-state index in [9.17, 15) is 22.7 Å². The van der Waals surface area contributed by atoms with Gasteiger partial charge >= 0.3 is 5.97 Å². The molecule has 4 aromatic rings. The molecule has 1 saturated heterocycles. The predicted octanol–water partition coefficient (Wildman–Crippen LogP) is 5.47. The van der Waals surface area contributed by atoms with E-state index >= 15 is 0 Å². The Balaban J connectivity index is 0.00000196. The second kappa shape index (κ2) is 13.9. The van der Waals surface area contributed by atoms with E-state index in [1.165, 1.54) is 43.5 Å². The van der Waals surface area contributed by atoms with Crippen LogP contribution in [0.5, 0.6) is 5.75 Å². The average Bonchev–Trinajstić information content (AvgIpc) is 2.93. The molecule has 0 radical (unpaired) electrons. The van der Waals surface area contributed by atoms with Gasteiger partial charge in [-0.15, -0.1) is 37.2 Å². The number of carboxylic acid groups (broad SMARTS) is 1. The summed E-state index contributed by atoms with van der Waals surface area (Å²) in [6.45, 7) is 2.54. The average molecular weight is 646 g/mol. The molecule has 0 atom stereocenters. The summed E-state index contributed by atoms with van der Waals surface area (Å²) in [5.41, 5.74) is 1.61. The monoisotopic (exact) mass is 644 g/mol. The summed E-state index contributed by atoms with van der Waals surface area (Å²) < 4.78 is 46.5. The first kappa shape index (κ1) is 33.7. The molecule has 0 spiro atoms. The number of anilines is 3. The largest absolute Gasteiger partial charge is 0.497 e. The van der Waals surface area contributed by atoms with Crippen molar-refractivity contribution in [2.45, 2.75) is 4.90 Å². The Labute approximate surface area is 255 Å². The number of carboxylic acids is 1. The minimum absolute atomic E-state index is 0. The fourth-order valence-electron chi connectivity index (χ4n) is 4.43. The highest BCUT2D eigenvalue weighted by Crippen LogP contribution is 2.28. The fraction of sp³-hybridized carbons (Fsp3) is 0.185. The number of halogens is 4. The fourth-order valence-corrected chi connectivity index (χ4v) is 5.48. The second-order valence-electron chi connectivity index (χ2n) is 8.80. The van der Waals surface area contributed by atoms with Crippen LogP contribution in [0.3, 0.4) is 0 Å². The molecule has 0 saturated carbocycles. The maximum absolute atomic E-state index is 13.3. The first-order valence-corrected chi connectivity index (χ1v) is 13.3. The first-order valence-electron chi connectivity index (χ1n) is 11.8. The number of piperazine rings is 1. The number of nitrogens with one attached hydrogen (secondary N) is 1. The molecule has 3 aromatic carbocycles.